The maximum absolute atomic E-state index is 14.8. The van der Waals surface area contributed by atoms with Crippen LogP contribution in [-0.4, -0.2) is 158 Å². The minimum atomic E-state index is -1.52. The van der Waals surface area contributed by atoms with Gasteiger partial charge < -0.3 is 67.2 Å². The fourth-order valence-corrected chi connectivity index (χ4v) is 7.77. The first-order valence-corrected chi connectivity index (χ1v) is 21.4. The number of allylic oxidation sites excluding steroid dienone is 4. The van der Waals surface area contributed by atoms with Gasteiger partial charge in [0.2, 0.25) is 23.4 Å². The number of carbonyl (C=O) groups excluding carboxylic acids is 6. The van der Waals surface area contributed by atoms with Gasteiger partial charge in [-0.1, -0.05) is 38.2 Å². The Morgan fingerprint density at radius 2 is 1.72 bits per heavy atom. The number of aliphatic hydroxyl groups excluding tert-OH is 1. The van der Waals surface area contributed by atoms with Gasteiger partial charge in [-0.3, -0.25) is 33.6 Å². The van der Waals surface area contributed by atoms with Gasteiger partial charge in [0.05, 0.1) is 22.8 Å². The number of thioether (sulfide) groups is 1. The highest BCUT2D eigenvalue weighted by Gasteiger charge is 2.38. The highest BCUT2D eigenvalue weighted by molar-refractivity contribution is 8.04. The zero-order chi connectivity index (χ0) is 48.4. The molecule has 1 aliphatic heterocycles. The minimum absolute atomic E-state index is 0.0247. The van der Waals surface area contributed by atoms with Crippen LogP contribution in [0.4, 0.5) is 4.79 Å². The van der Waals surface area contributed by atoms with Crippen LogP contribution >= 0.6 is 11.8 Å². The lowest BCUT2D eigenvalue weighted by Gasteiger charge is -2.30. The van der Waals surface area contributed by atoms with E-state index < -0.39 is 120 Å². The number of nitrogens with zero attached hydrogens (tertiary/aromatic N) is 1. The van der Waals surface area contributed by atoms with Crippen molar-refractivity contribution in [3.05, 3.63) is 57.3 Å². The third kappa shape index (κ3) is 17.0. The number of ketones is 2. The summed E-state index contributed by atoms with van der Waals surface area (Å²) in [6, 6.07) is -2.91. The van der Waals surface area contributed by atoms with Crippen LogP contribution in [0.5, 0.6) is 0 Å². The molecule has 0 radical (unpaired) electrons. The molecule has 0 aromatic carbocycles. The molecule has 0 saturated carbocycles. The monoisotopic (exact) mass is 921 g/mol. The zero-order valence-corrected chi connectivity index (χ0v) is 38.2. The Hall–Kier alpha value is -5.39. The number of aliphatic hydroxyl groups is 1. The molecule has 4 amide bonds. The van der Waals surface area contributed by atoms with Gasteiger partial charge >= 0.3 is 18.0 Å². The van der Waals surface area contributed by atoms with Crippen LogP contribution in [0.3, 0.4) is 0 Å². The van der Waals surface area contributed by atoms with Crippen LogP contribution in [0.1, 0.15) is 53.4 Å². The van der Waals surface area contributed by atoms with E-state index >= 15 is 0 Å². The quantitative estimate of drug-likeness (QED) is 0.0638. The Kier molecular flexibility index (Phi) is 22.6. The zero-order valence-electron chi connectivity index (χ0n) is 37.4. The molecular weight excluding hydrogens is 859 g/mol. The van der Waals surface area contributed by atoms with Gasteiger partial charge in [0.25, 0.3) is 5.91 Å². The number of nitrogens with two attached hydrogens (primary N) is 2. The summed E-state index contributed by atoms with van der Waals surface area (Å²) in [7, 11) is 6.40. The summed E-state index contributed by atoms with van der Waals surface area (Å²) in [5.74, 6) is -8.25. The van der Waals surface area contributed by atoms with Crippen molar-refractivity contribution in [1.29, 1.82) is 0 Å². The Morgan fingerprint density at radius 1 is 1.05 bits per heavy atom. The average Bonchev–Trinajstić information content (AvgIpc) is 3.22. The molecule has 0 aromatic heterocycles. The van der Waals surface area contributed by atoms with Crippen LogP contribution in [-0.2, 0) is 47.8 Å². The van der Waals surface area contributed by atoms with Gasteiger partial charge in [0.1, 0.15) is 30.4 Å². The van der Waals surface area contributed by atoms with E-state index in [9.17, 15) is 48.6 Å². The normalized spacial score (nSPS) is 25.8. The summed E-state index contributed by atoms with van der Waals surface area (Å²) in [5, 5.41) is 40.1. The van der Waals surface area contributed by atoms with Crippen molar-refractivity contribution in [3.63, 3.8) is 0 Å². The molecule has 1 heterocycles. The molecule has 0 fully saturated rings. The molecule has 0 saturated heterocycles. The van der Waals surface area contributed by atoms with Crippen LogP contribution < -0.4 is 32.7 Å². The van der Waals surface area contributed by atoms with Crippen molar-refractivity contribution in [2.75, 3.05) is 53.7 Å². The van der Waals surface area contributed by atoms with Crippen LogP contribution in [0.15, 0.2) is 57.3 Å². The van der Waals surface area contributed by atoms with Crippen molar-refractivity contribution in [2.24, 2.45) is 23.3 Å². The number of nitrogens with one attached hydrogen (secondary N) is 4. The number of Topliss-reactive ketones (excluding diaryl/α,β-unsaturated/α-hetero) is 2. The van der Waals surface area contributed by atoms with E-state index in [-0.39, 0.29) is 47.6 Å². The molecule has 21 nitrogen and oxygen atoms in total. The SMILES string of the molecule is CO[C@H]1/C=C\C=C(/C)C(=O)NC2=C(SC[C@H](NC(=O)CC[C@H](N)C(=O)O)C(=O)NCC(=O)O)C(=O)C(NCCN(C)C)=C(C[C@@H](C)C[C@H](OC)[C@H](O)[C@@H](C)/C=C(\C)[C@@H]1OC(N)=O)C2=O. The number of ether oxygens (including phenoxy) is 3. The number of rotatable bonds is 18. The molecule has 22 heteroatoms. The Labute approximate surface area is 376 Å². The maximum Gasteiger partial charge on any atom is 0.405 e. The predicted octanol–water partition coefficient (Wildman–Crippen LogP) is -0.148. The molecule has 2 bridgehead atoms. The van der Waals surface area contributed by atoms with E-state index in [0.717, 1.165) is 0 Å². The third-order valence-electron chi connectivity index (χ3n) is 10.2. The number of aliphatic carboxylic acids is 2. The Morgan fingerprint density at radius 3 is 2.30 bits per heavy atom. The molecule has 2 aliphatic rings. The van der Waals surface area contributed by atoms with Crippen molar-refractivity contribution in [3.8, 4) is 0 Å². The number of carbonyl (C=O) groups is 8. The molecule has 64 heavy (non-hydrogen) atoms. The Bertz CT molecular complexity index is 1910. The van der Waals surface area contributed by atoms with Gasteiger partial charge in [-0.25, -0.2) is 4.79 Å². The van der Waals surface area contributed by atoms with Gasteiger partial charge in [-0.05, 0) is 58.7 Å². The van der Waals surface area contributed by atoms with E-state index in [4.69, 9.17) is 30.8 Å². The topological polar surface area (TPSA) is 328 Å². The number of likely N-dealkylation sites (N-methyl/N-ethyl adjacent to an activating group) is 1. The largest absolute Gasteiger partial charge is 0.480 e. The lowest BCUT2D eigenvalue weighted by molar-refractivity contribution is -0.139. The highest BCUT2D eigenvalue weighted by atomic mass is 32.2. The van der Waals surface area contributed by atoms with E-state index in [0.29, 0.717) is 23.9 Å². The summed E-state index contributed by atoms with van der Waals surface area (Å²) in [6.45, 7) is 6.46. The molecular formula is C42H63N7O14S. The van der Waals surface area contributed by atoms with Crippen molar-refractivity contribution >= 4 is 59.1 Å². The fraction of sp³-hybridized carbons (Fsp3) is 0.571. The lowest BCUT2D eigenvalue weighted by Crippen LogP contribution is -2.49. The number of carboxylic acids is 2. The number of hydrogen-bond donors (Lipinski definition) is 9. The summed E-state index contributed by atoms with van der Waals surface area (Å²) in [4.78, 5) is 106. The second-order valence-electron chi connectivity index (χ2n) is 15.8. The number of methoxy groups -OCH3 is 2. The summed E-state index contributed by atoms with van der Waals surface area (Å²) in [5.41, 5.74) is 11.0. The van der Waals surface area contributed by atoms with E-state index in [2.05, 4.69) is 21.3 Å². The maximum atomic E-state index is 14.8. The van der Waals surface area contributed by atoms with E-state index in [1.807, 2.05) is 4.90 Å². The third-order valence-corrected chi connectivity index (χ3v) is 11.4. The van der Waals surface area contributed by atoms with Gasteiger partial charge in [-0.2, -0.15) is 0 Å². The minimum Gasteiger partial charge on any atom is -0.480 e. The Balaban J connectivity index is 2.83. The summed E-state index contributed by atoms with van der Waals surface area (Å²) in [6.07, 6.45) is 0.520. The highest BCUT2D eigenvalue weighted by Crippen LogP contribution is 2.35. The second kappa shape index (κ2) is 26.4. The van der Waals surface area contributed by atoms with Gasteiger partial charge in [0, 0.05) is 56.5 Å². The standard InChI is InChI=1S/C42H63N7O14S/c1-21-16-25-32(45-14-15-49(5)6)36(55)38(64-20-27(40(57)46-19-31(51)52)47-30(50)13-12-26(43)41(58)59)33(35(25)54)48-39(56)22(2)10-9-11-28(61-7)37(63-42(44)60)24(4)18-23(3)34(53)29(17-21)62-8/h9-11,18,21,23,26-29,34,37,45,53H,12-17,19-20,43H2,1-8H3,(H2,44,60)(H,46,57)(H,47,50)(H,48,56)(H,51,52)(H,58,59)/b11-9-,22-10+,24-18+/t21-,23+,26+,27+,28+,29+,34-,37+/m1/s1. The van der Waals surface area contributed by atoms with Gasteiger partial charge in [0.15, 0.2) is 6.10 Å². The molecule has 1 aliphatic carbocycles. The number of amides is 4. The molecule has 356 valence electrons. The first-order valence-electron chi connectivity index (χ1n) is 20.4. The molecule has 0 aromatic rings. The number of fused-ring (bicyclic) bond motifs is 2. The van der Waals surface area contributed by atoms with Crippen LogP contribution in [0.25, 0.3) is 0 Å². The molecule has 8 atom stereocenters. The van der Waals surface area contributed by atoms with Crippen molar-refractivity contribution < 1.29 is 67.9 Å². The first kappa shape index (κ1) is 54.7. The number of hydrogen-bond acceptors (Lipinski definition) is 16. The summed E-state index contributed by atoms with van der Waals surface area (Å²) >= 11 is 0.646. The van der Waals surface area contributed by atoms with Crippen LogP contribution in [0, 0.1) is 11.8 Å². The second-order valence-corrected chi connectivity index (χ2v) is 16.8. The molecule has 0 unspecified atom stereocenters. The smallest absolute Gasteiger partial charge is 0.405 e. The first-order chi connectivity index (χ1) is 30.0. The summed E-state index contributed by atoms with van der Waals surface area (Å²) < 4.78 is 16.8. The van der Waals surface area contributed by atoms with Crippen LogP contribution in [0.2, 0.25) is 0 Å². The van der Waals surface area contributed by atoms with E-state index in [1.54, 1.807) is 40.9 Å². The van der Waals surface area contributed by atoms with Crippen molar-refractivity contribution in [2.45, 2.75) is 89.9 Å². The van der Waals surface area contributed by atoms with E-state index in [1.165, 1.54) is 39.4 Å². The molecule has 0 spiro atoms. The number of carboxylic acid groups (broad SMARTS) is 2. The average molecular weight is 922 g/mol. The lowest BCUT2D eigenvalue weighted by atomic mass is 9.85. The molecule has 11 N–H and O–H groups in total. The fourth-order valence-electron chi connectivity index (χ4n) is 6.68. The van der Waals surface area contributed by atoms with Gasteiger partial charge in [-0.15, -0.1) is 11.8 Å². The molecule has 2 rings (SSSR count). The van der Waals surface area contributed by atoms with Crippen molar-refractivity contribution in [1.82, 2.24) is 26.2 Å². The predicted molar refractivity (Wildman–Crippen MR) is 235 cm³/mol. The number of primary amides is 1.